The van der Waals surface area contributed by atoms with Crippen LogP contribution in [-0.4, -0.2) is 20.0 Å². The van der Waals surface area contributed by atoms with Crippen molar-refractivity contribution in [2.45, 2.75) is 33.9 Å². The third-order valence-corrected chi connectivity index (χ3v) is 5.54. The molecule has 2 aromatic carbocycles. The van der Waals surface area contributed by atoms with E-state index in [1.807, 2.05) is 51.1 Å². The van der Waals surface area contributed by atoms with Gasteiger partial charge in [0.25, 0.3) is 5.56 Å². The average Bonchev–Trinajstić information content (AvgIpc) is 2.78. The Labute approximate surface area is 185 Å². The minimum atomic E-state index is -0.553. The van der Waals surface area contributed by atoms with E-state index in [1.54, 1.807) is 30.5 Å². The highest BCUT2D eigenvalue weighted by Crippen LogP contribution is 2.15. The van der Waals surface area contributed by atoms with E-state index in [9.17, 15) is 14.4 Å². The van der Waals surface area contributed by atoms with Gasteiger partial charge in [-0.3, -0.25) is 19.1 Å². The number of nitrogens with one attached hydrogen (secondary N) is 1. The van der Waals surface area contributed by atoms with Gasteiger partial charge < -0.3 is 5.32 Å². The Morgan fingerprint density at radius 1 is 0.969 bits per heavy atom. The maximum atomic E-state index is 13.4. The summed E-state index contributed by atoms with van der Waals surface area (Å²) in [4.78, 5) is 43.6. The highest BCUT2D eigenvalue weighted by atomic mass is 16.2. The number of aromatic nitrogens is 3. The molecule has 0 spiro atoms. The number of carbonyl (C=O) groups is 1. The number of aryl methyl sites for hydroxylation is 3. The van der Waals surface area contributed by atoms with Crippen LogP contribution >= 0.6 is 0 Å². The first kappa shape index (κ1) is 21.2. The van der Waals surface area contributed by atoms with Crippen molar-refractivity contribution >= 4 is 16.8 Å². The zero-order chi connectivity index (χ0) is 22.8. The smallest absolute Gasteiger partial charge is 0.336 e. The van der Waals surface area contributed by atoms with Crippen molar-refractivity contribution in [1.82, 2.24) is 19.4 Å². The molecule has 4 aromatic rings. The molecule has 0 unspecified atom stereocenters. The molecule has 0 radical (unpaired) electrons. The molecule has 0 bridgehead atoms. The van der Waals surface area contributed by atoms with Crippen molar-refractivity contribution in [1.29, 1.82) is 0 Å². The fraction of sp³-hybridized carbons (Fsp3) is 0.200. The van der Waals surface area contributed by atoms with Gasteiger partial charge in [-0.2, -0.15) is 0 Å². The van der Waals surface area contributed by atoms with Gasteiger partial charge >= 0.3 is 5.69 Å². The summed E-state index contributed by atoms with van der Waals surface area (Å²) in [5.74, 6) is -0.343. The number of hydrogen-bond donors (Lipinski definition) is 1. The number of nitrogens with zero attached hydrogens (tertiary/aromatic N) is 3. The first-order chi connectivity index (χ1) is 15.3. The van der Waals surface area contributed by atoms with Crippen molar-refractivity contribution in [3.05, 3.63) is 104 Å². The van der Waals surface area contributed by atoms with E-state index in [0.717, 1.165) is 21.3 Å². The summed E-state index contributed by atoms with van der Waals surface area (Å²) >= 11 is 0. The molecule has 0 atom stereocenters. The van der Waals surface area contributed by atoms with Gasteiger partial charge in [0.2, 0.25) is 5.91 Å². The van der Waals surface area contributed by atoms with Gasteiger partial charge in [-0.05, 0) is 68.3 Å². The maximum absolute atomic E-state index is 13.4. The molecule has 32 heavy (non-hydrogen) atoms. The first-order valence-electron chi connectivity index (χ1n) is 10.4. The molecule has 0 aliphatic carbocycles. The van der Waals surface area contributed by atoms with Crippen LogP contribution in [0.15, 0.2) is 70.4 Å². The molecule has 1 amide bonds. The Kier molecular flexibility index (Phi) is 5.73. The van der Waals surface area contributed by atoms with E-state index in [4.69, 9.17) is 0 Å². The highest BCUT2D eigenvalue weighted by Gasteiger charge is 2.17. The molecule has 0 aliphatic rings. The topological polar surface area (TPSA) is 86.0 Å². The minimum Gasteiger partial charge on any atom is -0.349 e. The number of carbonyl (C=O) groups excluding carboxylic acids is 1. The monoisotopic (exact) mass is 428 g/mol. The second-order valence-corrected chi connectivity index (χ2v) is 7.90. The predicted octanol–water partition coefficient (Wildman–Crippen LogP) is 2.79. The van der Waals surface area contributed by atoms with Crippen LogP contribution in [0.4, 0.5) is 0 Å². The lowest BCUT2D eigenvalue weighted by Crippen LogP contribution is -2.41. The summed E-state index contributed by atoms with van der Waals surface area (Å²) in [5, 5.41) is 3.18. The van der Waals surface area contributed by atoms with Crippen molar-refractivity contribution in [3.8, 4) is 5.69 Å². The molecule has 7 nitrogen and oxygen atoms in total. The summed E-state index contributed by atoms with van der Waals surface area (Å²) in [6, 6.07) is 16.2. The molecule has 162 valence electrons. The normalized spacial score (nSPS) is 11.0. The summed E-state index contributed by atoms with van der Waals surface area (Å²) in [6.45, 7) is 5.82. The van der Waals surface area contributed by atoms with Gasteiger partial charge in [-0.1, -0.05) is 23.8 Å². The van der Waals surface area contributed by atoms with E-state index in [0.29, 0.717) is 22.3 Å². The fourth-order valence-electron chi connectivity index (χ4n) is 3.62. The number of hydrogen-bond acceptors (Lipinski definition) is 4. The average molecular weight is 428 g/mol. The van der Waals surface area contributed by atoms with Crippen molar-refractivity contribution in [3.63, 3.8) is 0 Å². The minimum absolute atomic E-state index is 0.212. The molecule has 0 saturated heterocycles. The molecular formula is C25H24N4O3. The Morgan fingerprint density at radius 2 is 1.78 bits per heavy atom. The third-order valence-electron chi connectivity index (χ3n) is 5.54. The Hall–Kier alpha value is -4.00. The van der Waals surface area contributed by atoms with Gasteiger partial charge in [0.05, 0.1) is 28.8 Å². The largest absolute Gasteiger partial charge is 0.349 e. The lowest BCUT2D eigenvalue weighted by Gasteiger charge is -2.15. The van der Waals surface area contributed by atoms with Crippen molar-refractivity contribution in [2.24, 2.45) is 0 Å². The fourth-order valence-corrected chi connectivity index (χ4v) is 3.62. The van der Waals surface area contributed by atoms with Gasteiger partial charge in [-0.25, -0.2) is 9.36 Å². The SMILES string of the molecule is Cc1ccc2c(c1)c(=O)n(-c1ccc(C)c(C)c1)c(=O)n2CC(=O)NCc1ccccn1. The van der Waals surface area contributed by atoms with E-state index in [1.165, 1.54) is 4.57 Å². The Morgan fingerprint density at radius 3 is 2.50 bits per heavy atom. The maximum Gasteiger partial charge on any atom is 0.336 e. The van der Waals surface area contributed by atoms with Crippen LogP contribution in [-0.2, 0) is 17.9 Å². The molecular weight excluding hydrogens is 404 g/mol. The second-order valence-electron chi connectivity index (χ2n) is 7.90. The van der Waals surface area contributed by atoms with Crippen molar-refractivity contribution in [2.75, 3.05) is 0 Å². The Bertz CT molecular complexity index is 1440. The van der Waals surface area contributed by atoms with Crippen molar-refractivity contribution < 1.29 is 4.79 Å². The highest BCUT2D eigenvalue weighted by molar-refractivity contribution is 5.82. The number of pyridine rings is 1. The number of rotatable bonds is 5. The number of amides is 1. The molecule has 2 aromatic heterocycles. The standard InChI is InChI=1S/C25H24N4O3/c1-16-7-10-22-21(12-16)24(31)29(20-9-8-17(2)18(3)13-20)25(32)28(22)15-23(30)27-14-19-6-4-5-11-26-19/h4-13H,14-15H2,1-3H3,(H,27,30). The van der Waals surface area contributed by atoms with Crippen LogP contribution in [0.2, 0.25) is 0 Å². The second kappa shape index (κ2) is 8.63. The third kappa shape index (κ3) is 4.09. The zero-order valence-electron chi connectivity index (χ0n) is 18.3. The summed E-state index contributed by atoms with van der Waals surface area (Å²) in [5.41, 5.74) is 3.60. The van der Waals surface area contributed by atoms with E-state index in [2.05, 4.69) is 10.3 Å². The van der Waals surface area contributed by atoms with E-state index >= 15 is 0 Å². The summed E-state index contributed by atoms with van der Waals surface area (Å²) in [6.07, 6.45) is 1.65. The van der Waals surface area contributed by atoms with Crippen LogP contribution in [0.25, 0.3) is 16.6 Å². The molecule has 2 heterocycles. The van der Waals surface area contributed by atoms with Crippen LogP contribution in [0, 0.1) is 20.8 Å². The molecule has 4 rings (SSSR count). The van der Waals surface area contributed by atoms with Gasteiger partial charge in [-0.15, -0.1) is 0 Å². The lowest BCUT2D eigenvalue weighted by atomic mass is 10.1. The number of fused-ring (bicyclic) bond motifs is 1. The van der Waals surface area contributed by atoms with Gasteiger partial charge in [0, 0.05) is 6.20 Å². The predicted molar refractivity (Wildman–Crippen MR) is 124 cm³/mol. The molecule has 7 heteroatoms. The quantitative estimate of drug-likeness (QED) is 0.530. The van der Waals surface area contributed by atoms with Crippen LogP contribution < -0.4 is 16.6 Å². The van der Waals surface area contributed by atoms with Crippen LogP contribution in [0.1, 0.15) is 22.4 Å². The first-order valence-corrected chi connectivity index (χ1v) is 10.4. The van der Waals surface area contributed by atoms with Gasteiger partial charge in [0.15, 0.2) is 0 Å². The summed E-state index contributed by atoms with van der Waals surface area (Å²) < 4.78 is 2.49. The van der Waals surface area contributed by atoms with Crippen LogP contribution in [0.3, 0.4) is 0 Å². The van der Waals surface area contributed by atoms with Gasteiger partial charge in [0.1, 0.15) is 6.54 Å². The molecule has 0 aliphatic heterocycles. The molecule has 0 saturated carbocycles. The molecule has 1 N–H and O–H groups in total. The zero-order valence-corrected chi connectivity index (χ0v) is 18.3. The lowest BCUT2D eigenvalue weighted by molar-refractivity contribution is -0.121. The van der Waals surface area contributed by atoms with Crippen LogP contribution in [0.5, 0.6) is 0 Å². The molecule has 0 fully saturated rings. The summed E-state index contributed by atoms with van der Waals surface area (Å²) in [7, 11) is 0. The van der Waals surface area contributed by atoms with E-state index in [-0.39, 0.29) is 19.0 Å². The Balaban J connectivity index is 1.80. The van der Waals surface area contributed by atoms with E-state index < -0.39 is 11.2 Å². The number of benzene rings is 2.